The first-order valence-electron chi connectivity index (χ1n) is 7.70. The standard InChI is InChI=1S/C18H19N5O/c1-5-6-14-12(4)20-18(22-16(14)24)23-17-19-11(3)13-8-7-10(2)9-15(13)21-17/h5,7-9H,1,6H2,2-4H3,(H2,19,20,21,22,23,24). The third-order valence-electron chi connectivity index (χ3n) is 3.84. The van der Waals surface area contributed by atoms with E-state index in [1.54, 1.807) is 13.0 Å². The zero-order chi connectivity index (χ0) is 17.3. The molecule has 0 saturated carbocycles. The van der Waals surface area contributed by atoms with Crippen LogP contribution in [0.2, 0.25) is 0 Å². The van der Waals surface area contributed by atoms with Gasteiger partial charge in [-0.15, -0.1) is 6.58 Å². The van der Waals surface area contributed by atoms with Crippen molar-refractivity contribution >= 4 is 22.8 Å². The monoisotopic (exact) mass is 321 g/mol. The molecule has 24 heavy (non-hydrogen) atoms. The van der Waals surface area contributed by atoms with Gasteiger partial charge in [-0.05, 0) is 38.8 Å². The van der Waals surface area contributed by atoms with Crippen molar-refractivity contribution in [3.05, 3.63) is 63.7 Å². The third-order valence-corrected chi connectivity index (χ3v) is 3.84. The molecule has 6 heteroatoms. The highest BCUT2D eigenvalue weighted by molar-refractivity contribution is 5.82. The molecule has 3 rings (SSSR count). The summed E-state index contributed by atoms with van der Waals surface area (Å²) in [7, 11) is 0. The number of aromatic amines is 1. The quantitative estimate of drug-likeness (QED) is 0.721. The Balaban J connectivity index is 2.01. The zero-order valence-corrected chi connectivity index (χ0v) is 14.0. The molecule has 6 nitrogen and oxygen atoms in total. The van der Waals surface area contributed by atoms with Crippen LogP contribution < -0.4 is 10.9 Å². The van der Waals surface area contributed by atoms with Gasteiger partial charge in [0.2, 0.25) is 11.9 Å². The molecule has 0 spiro atoms. The normalized spacial score (nSPS) is 10.8. The highest BCUT2D eigenvalue weighted by Crippen LogP contribution is 2.19. The summed E-state index contributed by atoms with van der Waals surface area (Å²) in [6, 6.07) is 6.05. The number of fused-ring (bicyclic) bond motifs is 1. The maximum absolute atomic E-state index is 12.1. The average Bonchev–Trinajstić information content (AvgIpc) is 2.50. The molecule has 0 unspecified atom stereocenters. The number of nitrogens with one attached hydrogen (secondary N) is 2. The number of nitrogens with zero attached hydrogens (tertiary/aromatic N) is 3. The molecule has 2 heterocycles. The Labute approximate surface area is 139 Å². The van der Waals surface area contributed by atoms with Crippen molar-refractivity contribution in [1.82, 2.24) is 19.9 Å². The largest absolute Gasteiger partial charge is 0.294 e. The summed E-state index contributed by atoms with van der Waals surface area (Å²) in [4.78, 5) is 28.2. The lowest BCUT2D eigenvalue weighted by molar-refractivity contribution is 0.990. The molecule has 3 aromatic rings. The van der Waals surface area contributed by atoms with E-state index in [9.17, 15) is 4.79 Å². The maximum Gasteiger partial charge on any atom is 0.256 e. The first-order valence-corrected chi connectivity index (χ1v) is 7.70. The van der Waals surface area contributed by atoms with Crippen LogP contribution in [-0.2, 0) is 6.42 Å². The Morgan fingerprint density at radius 1 is 1.17 bits per heavy atom. The maximum atomic E-state index is 12.1. The number of allylic oxidation sites excluding steroid dienone is 1. The minimum absolute atomic E-state index is 0.182. The zero-order valence-electron chi connectivity index (χ0n) is 14.0. The minimum atomic E-state index is -0.182. The Bertz CT molecular complexity index is 991. The number of hydrogen-bond donors (Lipinski definition) is 2. The van der Waals surface area contributed by atoms with Gasteiger partial charge in [-0.2, -0.15) is 0 Å². The van der Waals surface area contributed by atoms with Crippen molar-refractivity contribution in [1.29, 1.82) is 0 Å². The van der Waals surface area contributed by atoms with Crippen LogP contribution >= 0.6 is 0 Å². The summed E-state index contributed by atoms with van der Waals surface area (Å²) in [5.41, 5.74) is 3.94. The molecule has 0 bridgehead atoms. The second-order valence-electron chi connectivity index (χ2n) is 5.75. The molecule has 0 radical (unpaired) electrons. The second-order valence-corrected chi connectivity index (χ2v) is 5.75. The van der Waals surface area contributed by atoms with Crippen molar-refractivity contribution in [3.63, 3.8) is 0 Å². The predicted molar refractivity (Wildman–Crippen MR) is 95.8 cm³/mol. The predicted octanol–water partition coefficient (Wildman–Crippen LogP) is 3.11. The first-order chi connectivity index (χ1) is 11.5. The molecule has 0 saturated heterocycles. The fourth-order valence-corrected chi connectivity index (χ4v) is 2.61. The van der Waals surface area contributed by atoms with Gasteiger partial charge in [0.1, 0.15) is 0 Å². The van der Waals surface area contributed by atoms with Crippen LogP contribution in [0.1, 0.15) is 22.5 Å². The molecule has 0 aliphatic heterocycles. The molecule has 2 aromatic heterocycles. The Hall–Kier alpha value is -3.02. The minimum Gasteiger partial charge on any atom is -0.294 e. The van der Waals surface area contributed by atoms with Crippen molar-refractivity contribution in [3.8, 4) is 0 Å². The van der Waals surface area contributed by atoms with Crippen LogP contribution in [-0.4, -0.2) is 19.9 Å². The van der Waals surface area contributed by atoms with Gasteiger partial charge in [-0.3, -0.25) is 15.1 Å². The number of H-pyrrole nitrogens is 1. The summed E-state index contributed by atoms with van der Waals surface area (Å²) in [5, 5.41) is 4.00. The van der Waals surface area contributed by atoms with E-state index >= 15 is 0 Å². The van der Waals surface area contributed by atoms with Gasteiger partial charge in [-0.25, -0.2) is 15.0 Å². The summed E-state index contributed by atoms with van der Waals surface area (Å²) >= 11 is 0. The van der Waals surface area contributed by atoms with Crippen molar-refractivity contribution in [2.24, 2.45) is 0 Å². The molecule has 2 N–H and O–H groups in total. The van der Waals surface area contributed by atoms with Gasteiger partial charge in [0.15, 0.2) is 0 Å². The van der Waals surface area contributed by atoms with Crippen LogP contribution in [0.5, 0.6) is 0 Å². The van der Waals surface area contributed by atoms with E-state index in [1.807, 2.05) is 32.0 Å². The van der Waals surface area contributed by atoms with Gasteiger partial charge in [-0.1, -0.05) is 18.2 Å². The highest BCUT2D eigenvalue weighted by Gasteiger charge is 2.09. The van der Waals surface area contributed by atoms with E-state index in [1.165, 1.54) is 0 Å². The fourth-order valence-electron chi connectivity index (χ4n) is 2.61. The number of anilines is 2. The van der Waals surface area contributed by atoms with Crippen molar-refractivity contribution < 1.29 is 0 Å². The lowest BCUT2D eigenvalue weighted by Crippen LogP contribution is -2.18. The number of aryl methyl sites for hydroxylation is 3. The smallest absolute Gasteiger partial charge is 0.256 e. The lowest BCUT2D eigenvalue weighted by Gasteiger charge is -2.09. The Morgan fingerprint density at radius 2 is 1.96 bits per heavy atom. The van der Waals surface area contributed by atoms with Gasteiger partial charge in [0.05, 0.1) is 16.9 Å². The second kappa shape index (κ2) is 6.23. The highest BCUT2D eigenvalue weighted by atomic mass is 16.1. The fraction of sp³-hybridized carbons (Fsp3) is 0.222. The van der Waals surface area contributed by atoms with E-state index in [-0.39, 0.29) is 5.56 Å². The molecular weight excluding hydrogens is 302 g/mol. The summed E-state index contributed by atoms with van der Waals surface area (Å²) in [6.45, 7) is 9.41. The van der Waals surface area contributed by atoms with E-state index in [2.05, 4.69) is 31.8 Å². The van der Waals surface area contributed by atoms with Crippen molar-refractivity contribution in [2.75, 3.05) is 5.32 Å². The molecule has 0 aliphatic carbocycles. The Kier molecular flexibility index (Phi) is 4.12. The van der Waals surface area contributed by atoms with Crippen LogP contribution in [0.4, 0.5) is 11.9 Å². The van der Waals surface area contributed by atoms with Crippen LogP contribution in [0.3, 0.4) is 0 Å². The molecule has 1 aromatic carbocycles. The summed E-state index contributed by atoms with van der Waals surface area (Å²) in [5.74, 6) is 0.737. The van der Waals surface area contributed by atoms with Gasteiger partial charge in [0, 0.05) is 10.9 Å². The average molecular weight is 321 g/mol. The van der Waals surface area contributed by atoms with Gasteiger partial charge >= 0.3 is 0 Å². The van der Waals surface area contributed by atoms with Gasteiger partial charge < -0.3 is 0 Å². The summed E-state index contributed by atoms with van der Waals surface area (Å²) in [6.07, 6.45) is 2.17. The Morgan fingerprint density at radius 3 is 2.67 bits per heavy atom. The molecular formula is C18H19N5O. The SMILES string of the molecule is C=CCc1c(C)nc(Nc2nc(C)c3ccc(C)cc3n2)[nH]c1=O. The topological polar surface area (TPSA) is 83.6 Å². The number of rotatable bonds is 4. The van der Waals surface area contributed by atoms with E-state index in [4.69, 9.17) is 0 Å². The molecule has 0 amide bonds. The molecule has 122 valence electrons. The van der Waals surface area contributed by atoms with Crippen LogP contribution in [0.15, 0.2) is 35.6 Å². The van der Waals surface area contributed by atoms with Crippen LogP contribution in [0, 0.1) is 20.8 Å². The van der Waals surface area contributed by atoms with E-state index in [0.29, 0.717) is 29.6 Å². The number of hydrogen-bond acceptors (Lipinski definition) is 5. The molecule has 0 atom stereocenters. The third kappa shape index (κ3) is 3.03. The van der Waals surface area contributed by atoms with Gasteiger partial charge in [0.25, 0.3) is 5.56 Å². The summed E-state index contributed by atoms with van der Waals surface area (Å²) < 4.78 is 0. The van der Waals surface area contributed by atoms with E-state index in [0.717, 1.165) is 22.2 Å². The first kappa shape index (κ1) is 15.9. The van der Waals surface area contributed by atoms with E-state index < -0.39 is 0 Å². The van der Waals surface area contributed by atoms with Crippen LogP contribution in [0.25, 0.3) is 10.9 Å². The van der Waals surface area contributed by atoms with Crippen molar-refractivity contribution in [2.45, 2.75) is 27.2 Å². The number of aromatic nitrogens is 4. The number of benzene rings is 1. The molecule has 0 aliphatic rings. The molecule has 0 fully saturated rings. The lowest BCUT2D eigenvalue weighted by atomic mass is 10.1.